The van der Waals surface area contributed by atoms with Crippen LogP contribution in [0.4, 0.5) is 8.78 Å². The van der Waals surface area contributed by atoms with E-state index in [1.54, 1.807) is 0 Å². The van der Waals surface area contributed by atoms with Gasteiger partial charge >= 0.3 is 0 Å². The van der Waals surface area contributed by atoms with Crippen LogP contribution in [0, 0.1) is 11.6 Å². The summed E-state index contributed by atoms with van der Waals surface area (Å²) in [6.45, 7) is 6.21. The lowest BCUT2D eigenvalue weighted by Gasteiger charge is -2.27. The van der Waals surface area contributed by atoms with Crippen LogP contribution < -0.4 is 4.74 Å². The van der Waals surface area contributed by atoms with Gasteiger partial charge in [-0.2, -0.15) is 0 Å². The molecule has 5 nitrogen and oxygen atoms in total. The molecule has 0 spiro atoms. The Balaban J connectivity index is 1.89. The van der Waals surface area contributed by atoms with Gasteiger partial charge in [0, 0.05) is 6.54 Å². The number of nitrogens with zero attached hydrogens (tertiary/aromatic N) is 1. The van der Waals surface area contributed by atoms with Crippen LogP contribution in [0.5, 0.6) is 5.75 Å². The summed E-state index contributed by atoms with van der Waals surface area (Å²) in [4.78, 5) is 27.8. The summed E-state index contributed by atoms with van der Waals surface area (Å²) in [5.41, 5.74) is 1.93. The van der Waals surface area contributed by atoms with Gasteiger partial charge in [-0.25, -0.2) is 8.78 Å². The number of halogens is 2. The van der Waals surface area contributed by atoms with Gasteiger partial charge in [0.05, 0.1) is 24.3 Å². The summed E-state index contributed by atoms with van der Waals surface area (Å²) < 4.78 is 32.8. The molecule has 1 aliphatic heterocycles. The van der Waals surface area contributed by atoms with E-state index in [0.717, 1.165) is 11.6 Å². The molecule has 1 unspecified atom stereocenters. The van der Waals surface area contributed by atoms with Crippen molar-refractivity contribution in [2.75, 3.05) is 7.11 Å². The first-order valence-electron chi connectivity index (χ1n) is 11.5. The zero-order valence-electron chi connectivity index (χ0n) is 20.5. The molecule has 0 aromatic heterocycles. The van der Waals surface area contributed by atoms with Crippen molar-refractivity contribution in [3.05, 3.63) is 106 Å². The highest BCUT2D eigenvalue weighted by Gasteiger charge is 2.46. The van der Waals surface area contributed by atoms with Crippen LogP contribution >= 0.6 is 0 Å². The maximum absolute atomic E-state index is 14.1. The van der Waals surface area contributed by atoms with Crippen LogP contribution in [0.25, 0.3) is 5.76 Å². The fourth-order valence-electron chi connectivity index (χ4n) is 4.35. The molecule has 186 valence electrons. The SMILES string of the molecule is COc1ccc(F)cc1/C(O)=C1\C(=O)C(=O)N(Cc2ccc(F)cc2)C1c1ccc(C(C)(C)C)cc1. The van der Waals surface area contributed by atoms with Crippen LogP contribution in [0.15, 0.2) is 72.3 Å². The number of likely N-dealkylation sites (tertiary alicyclic amines) is 1. The third-order valence-electron chi connectivity index (χ3n) is 6.32. The molecule has 3 aromatic rings. The van der Waals surface area contributed by atoms with Gasteiger partial charge in [-0.1, -0.05) is 57.2 Å². The molecule has 1 amide bonds. The average Bonchev–Trinajstić information content (AvgIpc) is 3.09. The van der Waals surface area contributed by atoms with Crippen LogP contribution in [0.1, 0.15) is 49.1 Å². The summed E-state index contributed by atoms with van der Waals surface area (Å²) >= 11 is 0. The number of amides is 1. The molecular formula is C29H27F2NO4. The number of rotatable bonds is 5. The summed E-state index contributed by atoms with van der Waals surface area (Å²) in [6, 6.07) is 15.7. The summed E-state index contributed by atoms with van der Waals surface area (Å²) in [5.74, 6) is -3.15. The van der Waals surface area contributed by atoms with Crippen LogP contribution in [-0.2, 0) is 21.5 Å². The Morgan fingerprint density at radius 1 is 0.944 bits per heavy atom. The number of hydrogen-bond acceptors (Lipinski definition) is 4. The number of carbonyl (C=O) groups is 2. The molecule has 0 radical (unpaired) electrons. The molecule has 4 rings (SSSR count). The van der Waals surface area contributed by atoms with Gasteiger partial charge in [0.1, 0.15) is 23.1 Å². The summed E-state index contributed by atoms with van der Waals surface area (Å²) in [7, 11) is 1.36. The van der Waals surface area contributed by atoms with E-state index in [1.807, 2.05) is 24.3 Å². The van der Waals surface area contributed by atoms with Crippen molar-refractivity contribution >= 4 is 17.4 Å². The molecular weight excluding hydrogens is 464 g/mol. The lowest BCUT2D eigenvalue weighted by molar-refractivity contribution is -0.140. The zero-order valence-corrected chi connectivity index (χ0v) is 20.5. The Labute approximate surface area is 208 Å². The molecule has 0 saturated carbocycles. The fraction of sp³-hybridized carbons (Fsp3) is 0.241. The first kappa shape index (κ1) is 25.1. The van der Waals surface area contributed by atoms with E-state index in [9.17, 15) is 23.5 Å². The molecule has 1 aliphatic rings. The Kier molecular flexibility index (Phi) is 6.67. The standard InChI is InChI=1S/C29H27F2NO4/c1-29(2,3)19-9-7-18(8-10-19)25-24(26(33)22-15-21(31)13-14-23(22)36-4)27(34)28(35)32(25)16-17-5-11-20(30)12-6-17/h5-15,25,33H,16H2,1-4H3/b26-24+. The fourth-order valence-corrected chi connectivity index (χ4v) is 4.35. The third kappa shape index (κ3) is 4.73. The number of benzene rings is 3. The van der Waals surface area contributed by atoms with Crippen molar-refractivity contribution in [1.29, 1.82) is 0 Å². The first-order chi connectivity index (χ1) is 17.0. The van der Waals surface area contributed by atoms with Crippen LogP contribution in [-0.4, -0.2) is 28.8 Å². The minimum absolute atomic E-state index is 0.00755. The Morgan fingerprint density at radius 3 is 2.14 bits per heavy atom. The molecule has 0 bridgehead atoms. The number of aliphatic hydroxyl groups is 1. The molecule has 36 heavy (non-hydrogen) atoms. The Morgan fingerprint density at radius 2 is 1.56 bits per heavy atom. The highest BCUT2D eigenvalue weighted by Crippen LogP contribution is 2.42. The Bertz CT molecular complexity index is 1340. The van der Waals surface area contributed by atoms with Gasteiger partial charge in [-0.3, -0.25) is 9.59 Å². The monoisotopic (exact) mass is 491 g/mol. The lowest BCUT2D eigenvalue weighted by Crippen LogP contribution is -2.29. The molecule has 3 aromatic carbocycles. The molecule has 1 atom stereocenters. The third-order valence-corrected chi connectivity index (χ3v) is 6.32. The highest BCUT2D eigenvalue weighted by molar-refractivity contribution is 6.46. The van der Waals surface area contributed by atoms with E-state index in [0.29, 0.717) is 11.1 Å². The number of aliphatic hydroxyl groups excluding tert-OH is 1. The van der Waals surface area contributed by atoms with E-state index in [-0.39, 0.29) is 28.8 Å². The van der Waals surface area contributed by atoms with Crippen molar-refractivity contribution in [2.24, 2.45) is 0 Å². The summed E-state index contributed by atoms with van der Waals surface area (Å²) in [6.07, 6.45) is 0. The molecule has 1 heterocycles. The largest absolute Gasteiger partial charge is 0.507 e. The van der Waals surface area contributed by atoms with E-state index in [1.165, 1.54) is 48.4 Å². The lowest BCUT2D eigenvalue weighted by atomic mass is 9.85. The zero-order chi connectivity index (χ0) is 26.2. The maximum atomic E-state index is 14.1. The van der Waals surface area contributed by atoms with E-state index in [4.69, 9.17) is 4.74 Å². The van der Waals surface area contributed by atoms with E-state index in [2.05, 4.69) is 20.8 Å². The number of methoxy groups -OCH3 is 1. The first-order valence-corrected chi connectivity index (χ1v) is 11.5. The molecule has 1 saturated heterocycles. The van der Waals surface area contributed by atoms with Gasteiger partial charge in [0.25, 0.3) is 11.7 Å². The minimum Gasteiger partial charge on any atom is -0.507 e. The van der Waals surface area contributed by atoms with E-state index >= 15 is 0 Å². The quantitative estimate of drug-likeness (QED) is 0.274. The van der Waals surface area contributed by atoms with Crippen LogP contribution in [0.3, 0.4) is 0 Å². The van der Waals surface area contributed by atoms with Gasteiger partial charge < -0.3 is 14.7 Å². The molecule has 0 aliphatic carbocycles. The van der Waals surface area contributed by atoms with Gasteiger partial charge in [0.2, 0.25) is 0 Å². The van der Waals surface area contributed by atoms with Crippen molar-refractivity contribution in [3.63, 3.8) is 0 Å². The predicted molar refractivity (Wildman–Crippen MR) is 132 cm³/mol. The number of ether oxygens (including phenoxy) is 1. The second kappa shape index (κ2) is 9.57. The summed E-state index contributed by atoms with van der Waals surface area (Å²) in [5, 5.41) is 11.3. The maximum Gasteiger partial charge on any atom is 0.295 e. The number of carbonyl (C=O) groups excluding carboxylic acids is 2. The molecule has 1 fully saturated rings. The minimum atomic E-state index is -0.947. The molecule has 7 heteroatoms. The van der Waals surface area contributed by atoms with Crippen molar-refractivity contribution in [1.82, 2.24) is 4.90 Å². The van der Waals surface area contributed by atoms with Gasteiger partial charge in [-0.05, 0) is 52.4 Å². The van der Waals surface area contributed by atoms with Crippen molar-refractivity contribution in [3.8, 4) is 5.75 Å². The smallest absolute Gasteiger partial charge is 0.295 e. The van der Waals surface area contributed by atoms with Crippen LogP contribution in [0.2, 0.25) is 0 Å². The van der Waals surface area contributed by atoms with Crippen molar-refractivity contribution < 1.29 is 28.2 Å². The number of Topliss-reactive ketones (excluding diaryl/α,β-unsaturated/α-hetero) is 1. The number of ketones is 1. The molecule has 1 N–H and O–H groups in total. The Hall–Kier alpha value is -4.00. The van der Waals surface area contributed by atoms with Gasteiger partial charge in [-0.15, -0.1) is 0 Å². The predicted octanol–water partition coefficient (Wildman–Crippen LogP) is 5.89. The average molecular weight is 492 g/mol. The normalized spacial score (nSPS) is 17.5. The van der Waals surface area contributed by atoms with E-state index < -0.39 is 35.1 Å². The second-order valence-corrected chi connectivity index (χ2v) is 9.77. The van der Waals surface area contributed by atoms with Crippen molar-refractivity contribution in [2.45, 2.75) is 38.8 Å². The number of hydrogen-bond donors (Lipinski definition) is 1. The second-order valence-electron chi connectivity index (χ2n) is 9.77. The highest BCUT2D eigenvalue weighted by atomic mass is 19.1. The topological polar surface area (TPSA) is 66.8 Å². The van der Waals surface area contributed by atoms with Gasteiger partial charge in [0.15, 0.2) is 0 Å².